The van der Waals surface area contributed by atoms with Crippen molar-refractivity contribution >= 4 is 27.7 Å². The molecule has 0 radical (unpaired) electrons. The highest BCUT2D eigenvalue weighted by Gasteiger charge is 2.11. The first-order chi connectivity index (χ1) is 10.8. The summed E-state index contributed by atoms with van der Waals surface area (Å²) in [6.45, 7) is 5.83. The Morgan fingerprint density at radius 1 is 1.17 bits per heavy atom. The lowest BCUT2D eigenvalue weighted by molar-refractivity contribution is -0.125. The fourth-order valence-corrected chi connectivity index (χ4v) is 2.49. The molecule has 128 valence electrons. The van der Waals surface area contributed by atoms with Crippen LogP contribution in [0.4, 0.5) is 0 Å². The summed E-state index contributed by atoms with van der Waals surface area (Å²) in [7, 11) is 1.61. The largest absolute Gasteiger partial charge is 0.496 e. The average molecular weight is 386 g/mol. The first-order valence-electron chi connectivity index (χ1n) is 7.46. The van der Waals surface area contributed by atoms with Crippen LogP contribution in [-0.4, -0.2) is 38.1 Å². The van der Waals surface area contributed by atoms with Crippen molar-refractivity contribution in [3.8, 4) is 5.75 Å². The molecule has 2 amide bonds. The maximum Gasteiger partial charge on any atom is 0.239 e. The molecule has 3 N–H and O–H groups in total. The van der Waals surface area contributed by atoms with Gasteiger partial charge in [0.15, 0.2) is 0 Å². The second-order valence-electron chi connectivity index (χ2n) is 5.50. The van der Waals surface area contributed by atoms with Crippen LogP contribution in [0.5, 0.6) is 5.75 Å². The van der Waals surface area contributed by atoms with Crippen molar-refractivity contribution in [2.45, 2.75) is 32.9 Å². The molecule has 0 saturated carbocycles. The van der Waals surface area contributed by atoms with Gasteiger partial charge in [0.1, 0.15) is 5.75 Å². The summed E-state index contributed by atoms with van der Waals surface area (Å²) < 4.78 is 6.05. The predicted molar refractivity (Wildman–Crippen MR) is 93.4 cm³/mol. The quantitative estimate of drug-likeness (QED) is 0.636. The van der Waals surface area contributed by atoms with E-state index < -0.39 is 0 Å². The van der Waals surface area contributed by atoms with Crippen molar-refractivity contribution < 1.29 is 14.3 Å². The van der Waals surface area contributed by atoms with Crippen molar-refractivity contribution in [3.63, 3.8) is 0 Å². The number of amides is 2. The molecule has 0 aliphatic heterocycles. The first-order valence-corrected chi connectivity index (χ1v) is 8.25. The molecule has 0 aliphatic carbocycles. The fourth-order valence-electron chi connectivity index (χ4n) is 1.93. The van der Waals surface area contributed by atoms with E-state index in [0.29, 0.717) is 0 Å². The molecule has 0 aliphatic rings. The normalized spacial score (nSPS) is 11.9. The van der Waals surface area contributed by atoms with Gasteiger partial charge in [-0.3, -0.25) is 9.59 Å². The highest BCUT2D eigenvalue weighted by Crippen LogP contribution is 2.27. The zero-order valence-electron chi connectivity index (χ0n) is 13.9. The van der Waals surface area contributed by atoms with Crippen molar-refractivity contribution in [1.82, 2.24) is 16.0 Å². The number of carbonyl (C=O) groups excluding carboxylic acids is 2. The molecular weight excluding hydrogens is 362 g/mol. The zero-order valence-corrected chi connectivity index (χ0v) is 15.5. The highest BCUT2D eigenvalue weighted by molar-refractivity contribution is 9.10. The Bertz CT molecular complexity index is 549. The van der Waals surface area contributed by atoms with Gasteiger partial charge < -0.3 is 20.7 Å². The molecule has 1 rings (SSSR count). The van der Waals surface area contributed by atoms with Gasteiger partial charge in [-0.2, -0.15) is 0 Å². The third-order valence-electron chi connectivity index (χ3n) is 3.14. The summed E-state index contributed by atoms with van der Waals surface area (Å²) >= 11 is 3.44. The van der Waals surface area contributed by atoms with Crippen LogP contribution < -0.4 is 20.7 Å². The third-order valence-corrected chi connectivity index (χ3v) is 3.76. The summed E-state index contributed by atoms with van der Waals surface area (Å²) in [5, 5.41) is 8.42. The van der Waals surface area contributed by atoms with Crippen LogP contribution in [0, 0.1) is 0 Å². The van der Waals surface area contributed by atoms with E-state index in [9.17, 15) is 9.59 Å². The minimum Gasteiger partial charge on any atom is -0.496 e. The van der Waals surface area contributed by atoms with Gasteiger partial charge in [0.2, 0.25) is 11.8 Å². The van der Waals surface area contributed by atoms with E-state index in [1.807, 2.05) is 39.0 Å². The van der Waals surface area contributed by atoms with Crippen LogP contribution in [-0.2, 0) is 9.59 Å². The molecule has 1 atom stereocenters. The molecule has 1 aromatic carbocycles. The lowest BCUT2D eigenvalue weighted by Crippen LogP contribution is -2.42. The second kappa shape index (κ2) is 9.52. The number of benzene rings is 1. The Morgan fingerprint density at radius 2 is 1.87 bits per heavy atom. The van der Waals surface area contributed by atoms with Crippen molar-refractivity contribution in [1.29, 1.82) is 0 Å². The van der Waals surface area contributed by atoms with Gasteiger partial charge in [-0.05, 0) is 54.4 Å². The summed E-state index contributed by atoms with van der Waals surface area (Å²) in [5.74, 6) is 0.346. The summed E-state index contributed by atoms with van der Waals surface area (Å²) in [5.41, 5.74) is 1.03. The molecular formula is C16H24BrN3O3. The maximum absolute atomic E-state index is 11.8. The fraction of sp³-hybridized carbons (Fsp3) is 0.500. The average Bonchev–Trinajstić information content (AvgIpc) is 2.49. The second-order valence-corrected chi connectivity index (χ2v) is 6.35. The molecule has 1 aromatic rings. The zero-order chi connectivity index (χ0) is 17.4. The molecule has 0 saturated heterocycles. The minimum atomic E-state index is -0.219. The van der Waals surface area contributed by atoms with E-state index in [1.165, 1.54) is 0 Å². The summed E-state index contributed by atoms with van der Waals surface area (Å²) in [4.78, 5) is 23.2. The number of hydrogen-bond acceptors (Lipinski definition) is 4. The van der Waals surface area contributed by atoms with Gasteiger partial charge in [0, 0.05) is 12.1 Å². The van der Waals surface area contributed by atoms with Crippen LogP contribution in [0.3, 0.4) is 0 Å². The first kappa shape index (κ1) is 19.4. The summed E-state index contributed by atoms with van der Waals surface area (Å²) in [6.07, 6.45) is 0. The Hall–Kier alpha value is -1.60. The van der Waals surface area contributed by atoms with Crippen LogP contribution >= 0.6 is 15.9 Å². The Labute approximate surface area is 145 Å². The van der Waals surface area contributed by atoms with Gasteiger partial charge in [-0.1, -0.05) is 6.07 Å². The lowest BCUT2D eigenvalue weighted by atomic mass is 10.1. The lowest BCUT2D eigenvalue weighted by Gasteiger charge is -2.15. The Morgan fingerprint density at radius 3 is 2.43 bits per heavy atom. The maximum atomic E-state index is 11.8. The van der Waals surface area contributed by atoms with E-state index in [0.717, 1.165) is 15.8 Å². The molecule has 6 nitrogen and oxygen atoms in total. The molecule has 0 fully saturated rings. The monoisotopic (exact) mass is 385 g/mol. The number of nitrogens with one attached hydrogen (secondary N) is 3. The molecule has 0 unspecified atom stereocenters. The van der Waals surface area contributed by atoms with Crippen molar-refractivity contribution in [3.05, 3.63) is 28.2 Å². The Balaban J connectivity index is 2.40. The smallest absolute Gasteiger partial charge is 0.239 e. The van der Waals surface area contributed by atoms with E-state index in [-0.39, 0.29) is 37.0 Å². The van der Waals surface area contributed by atoms with Crippen LogP contribution in [0.15, 0.2) is 22.7 Å². The molecule has 0 heterocycles. The van der Waals surface area contributed by atoms with E-state index in [1.54, 1.807) is 7.11 Å². The van der Waals surface area contributed by atoms with E-state index in [2.05, 4.69) is 31.9 Å². The third kappa shape index (κ3) is 7.00. The molecule has 0 spiro atoms. The number of halogens is 1. The number of ether oxygens (including phenoxy) is 1. The van der Waals surface area contributed by atoms with E-state index >= 15 is 0 Å². The van der Waals surface area contributed by atoms with Gasteiger partial charge in [0.05, 0.1) is 24.7 Å². The van der Waals surface area contributed by atoms with Crippen LogP contribution in [0.25, 0.3) is 0 Å². The summed E-state index contributed by atoms with van der Waals surface area (Å²) in [6, 6.07) is 5.81. The van der Waals surface area contributed by atoms with Gasteiger partial charge >= 0.3 is 0 Å². The number of methoxy groups -OCH3 is 1. The number of rotatable bonds is 8. The Kier molecular flexibility index (Phi) is 8.05. The van der Waals surface area contributed by atoms with Gasteiger partial charge in [-0.25, -0.2) is 0 Å². The molecule has 7 heteroatoms. The standard InChI is InChI=1S/C16H24BrN3O3/c1-10(2)20-16(22)9-19-15(21)8-18-11(3)12-5-6-14(23-4)13(17)7-12/h5-7,10-11,18H,8-9H2,1-4H3,(H,19,21)(H,20,22)/t11-/m1/s1. The minimum absolute atomic E-state index is 0.00699. The number of carbonyl (C=O) groups is 2. The van der Waals surface area contributed by atoms with E-state index in [4.69, 9.17) is 4.74 Å². The number of hydrogen-bond donors (Lipinski definition) is 3. The van der Waals surface area contributed by atoms with Gasteiger partial charge in [-0.15, -0.1) is 0 Å². The van der Waals surface area contributed by atoms with Crippen molar-refractivity contribution in [2.75, 3.05) is 20.2 Å². The van der Waals surface area contributed by atoms with Crippen LogP contribution in [0.2, 0.25) is 0 Å². The molecule has 0 bridgehead atoms. The van der Waals surface area contributed by atoms with Crippen molar-refractivity contribution in [2.24, 2.45) is 0 Å². The topological polar surface area (TPSA) is 79.5 Å². The SMILES string of the molecule is COc1ccc([C@@H](C)NCC(=O)NCC(=O)NC(C)C)cc1Br. The predicted octanol–water partition coefficient (Wildman–Crippen LogP) is 1.75. The molecule has 0 aromatic heterocycles. The van der Waals surface area contributed by atoms with Crippen LogP contribution in [0.1, 0.15) is 32.4 Å². The molecule has 23 heavy (non-hydrogen) atoms. The van der Waals surface area contributed by atoms with Gasteiger partial charge in [0.25, 0.3) is 0 Å². The highest BCUT2D eigenvalue weighted by atomic mass is 79.9.